The summed E-state index contributed by atoms with van der Waals surface area (Å²) < 4.78 is 4.98. The molecule has 1 aromatic carbocycles. The maximum absolute atomic E-state index is 11.0. The number of aromatic nitrogens is 2. The van der Waals surface area contributed by atoms with Crippen molar-refractivity contribution in [2.24, 2.45) is 0 Å². The highest BCUT2D eigenvalue weighted by molar-refractivity contribution is 7.14. The Kier molecular flexibility index (Phi) is 4.81. The van der Waals surface area contributed by atoms with Crippen LogP contribution in [0.2, 0.25) is 0 Å². The van der Waals surface area contributed by atoms with E-state index in [1.165, 1.54) is 24.5 Å². The normalized spacial score (nSPS) is 10.9. The summed E-state index contributed by atoms with van der Waals surface area (Å²) >= 11 is 1.41. The van der Waals surface area contributed by atoms with Gasteiger partial charge in [0.25, 0.3) is 0 Å². The first-order chi connectivity index (χ1) is 10.0. The van der Waals surface area contributed by atoms with E-state index < -0.39 is 4.92 Å². The molecular weight excluding hydrogens is 292 g/mol. The number of hydrogen-bond acceptors (Lipinski definition) is 7. The van der Waals surface area contributed by atoms with Gasteiger partial charge in [-0.15, -0.1) is 10.2 Å². The molecule has 1 heterocycles. The fourth-order valence-electron chi connectivity index (χ4n) is 1.70. The summed E-state index contributed by atoms with van der Waals surface area (Å²) in [4.78, 5) is 10.6. The number of nitrogens with zero attached hydrogens (tertiary/aromatic N) is 3. The summed E-state index contributed by atoms with van der Waals surface area (Å²) in [6.07, 6.45) is 0. The molecule has 0 aliphatic carbocycles. The molecule has 0 unspecified atom stereocenters. The van der Waals surface area contributed by atoms with Crippen molar-refractivity contribution in [1.82, 2.24) is 15.5 Å². The lowest BCUT2D eigenvalue weighted by atomic mass is 10.2. The number of benzene rings is 1. The van der Waals surface area contributed by atoms with Crippen molar-refractivity contribution in [3.05, 3.63) is 33.3 Å². The van der Waals surface area contributed by atoms with Gasteiger partial charge >= 0.3 is 5.69 Å². The van der Waals surface area contributed by atoms with Crippen molar-refractivity contribution in [2.45, 2.75) is 26.4 Å². The minimum atomic E-state index is -0.468. The molecule has 2 rings (SSSR count). The SMILES string of the molecule is COc1ccc(-c2nnc(CNC(C)C)s2)cc1[N+](=O)[O-]. The van der Waals surface area contributed by atoms with E-state index in [0.717, 1.165) is 5.01 Å². The van der Waals surface area contributed by atoms with Crippen molar-refractivity contribution in [3.8, 4) is 16.3 Å². The molecule has 0 aliphatic rings. The lowest BCUT2D eigenvalue weighted by Crippen LogP contribution is -2.21. The third kappa shape index (κ3) is 3.73. The minimum absolute atomic E-state index is 0.0768. The van der Waals surface area contributed by atoms with Gasteiger partial charge in [0.15, 0.2) is 5.75 Å². The molecule has 0 atom stereocenters. The van der Waals surface area contributed by atoms with E-state index in [-0.39, 0.29) is 11.4 Å². The van der Waals surface area contributed by atoms with Crippen LogP contribution in [-0.4, -0.2) is 28.3 Å². The third-order valence-electron chi connectivity index (χ3n) is 2.75. The zero-order valence-electron chi connectivity index (χ0n) is 12.0. The molecule has 0 fully saturated rings. The first-order valence-electron chi connectivity index (χ1n) is 6.40. The van der Waals surface area contributed by atoms with Crippen molar-refractivity contribution < 1.29 is 9.66 Å². The van der Waals surface area contributed by atoms with Crippen LogP contribution >= 0.6 is 11.3 Å². The van der Waals surface area contributed by atoms with Gasteiger partial charge in [-0.1, -0.05) is 25.2 Å². The predicted octanol–water partition coefficient (Wildman–Crippen LogP) is 2.62. The molecule has 112 valence electrons. The first-order valence-corrected chi connectivity index (χ1v) is 7.21. The molecule has 0 spiro atoms. The standard InChI is InChI=1S/C13H16N4O3S/c1-8(2)14-7-12-15-16-13(21-12)9-4-5-11(20-3)10(6-9)17(18)19/h4-6,8,14H,7H2,1-3H3. The van der Waals surface area contributed by atoms with Gasteiger partial charge < -0.3 is 10.1 Å². The number of nitro benzene ring substituents is 1. The van der Waals surface area contributed by atoms with Crippen LogP contribution in [0.5, 0.6) is 5.75 Å². The zero-order valence-corrected chi connectivity index (χ0v) is 12.8. The van der Waals surface area contributed by atoms with Crippen molar-refractivity contribution in [3.63, 3.8) is 0 Å². The molecule has 0 aliphatic heterocycles. The van der Waals surface area contributed by atoms with Crippen molar-refractivity contribution in [2.75, 3.05) is 7.11 Å². The number of methoxy groups -OCH3 is 1. The predicted molar refractivity (Wildman–Crippen MR) is 80.5 cm³/mol. The zero-order chi connectivity index (χ0) is 15.4. The van der Waals surface area contributed by atoms with E-state index in [4.69, 9.17) is 4.74 Å². The van der Waals surface area contributed by atoms with Gasteiger partial charge in [-0.05, 0) is 12.1 Å². The average molecular weight is 308 g/mol. The Balaban J connectivity index is 2.26. The average Bonchev–Trinajstić information content (AvgIpc) is 2.93. The molecule has 0 bridgehead atoms. The molecular formula is C13H16N4O3S. The summed E-state index contributed by atoms with van der Waals surface area (Å²) in [7, 11) is 1.41. The summed E-state index contributed by atoms with van der Waals surface area (Å²) in [5.41, 5.74) is 0.586. The summed E-state index contributed by atoms with van der Waals surface area (Å²) in [5, 5.41) is 24.0. The van der Waals surface area contributed by atoms with Gasteiger partial charge in [-0.3, -0.25) is 10.1 Å². The molecule has 0 saturated carbocycles. The Bertz CT molecular complexity index is 642. The van der Waals surface area contributed by atoms with Gasteiger partial charge in [0, 0.05) is 24.2 Å². The summed E-state index contributed by atoms with van der Waals surface area (Å²) in [6, 6.07) is 5.13. The van der Waals surface area contributed by atoms with Gasteiger partial charge in [-0.2, -0.15) is 0 Å². The number of rotatable bonds is 6. The van der Waals surface area contributed by atoms with Gasteiger partial charge in [0.05, 0.1) is 12.0 Å². The molecule has 1 N–H and O–H groups in total. The van der Waals surface area contributed by atoms with E-state index in [1.807, 2.05) is 0 Å². The number of nitro groups is 1. The molecule has 8 heteroatoms. The second kappa shape index (κ2) is 6.59. The Hall–Kier alpha value is -2.06. The Morgan fingerprint density at radius 2 is 2.19 bits per heavy atom. The lowest BCUT2D eigenvalue weighted by Gasteiger charge is -2.04. The first kappa shape index (κ1) is 15.3. The van der Waals surface area contributed by atoms with Gasteiger partial charge in [0.1, 0.15) is 10.0 Å². The van der Waals surface area contributed by atoms with Crippen LogP contribution in [0.3, 0.4) is 0 Å². The largest absolute Gasteiger partial charge is 0.490 e. The van der Waals surface area contributed by atoms with Crippen molar-refractivity contribution >= 4 is 17.0 Å². The minimum Gasteiger partial charge on any atom is -0.490 e. The molecule has 0 radical (unpaired) electrons. The summed E-state index contributed by atoms with van der Waals surface area (Å²) in [6.45, 7) is 4.73. The fraction of sp³-hybridized carbons (Fsp3) is 0.385. The van der Waals surface area contributed by atoms with Crippen LogP contribution in [0.4, 0.5) is 5.69 Å². The van der Waals surface area contributed by atoms with E-state index in [1.54, 1.807) is 12.1 Å². The highest BCUT2D eigenvalue weighted by Gasteiger charge is 2.17. The van der Waals surface area contributed by atoms with Gasteiger partial charge in [0.2, 0.25) is 0 Å². The Labute approximate surface area is 126 Å². The topological polar surface area (TPSA) is 90.2 Å². The number of hydrogen-bond donors (Lipinski definition) is 1. The maximum atomic E-state index is 11.0. The monoisotopic (exact) mass is 308 g/mol. The van der Waals surface area contributed by atoms with E-state index in [0.29, 0.717) is 23.2 Å². The van der Waals surface area contributed by atoms with E-state index >= 15 is 0 Å². The third-order valence-corrected chi connectivity index (χ3v) is 3.72. The van der Waals surface area contributed by atoms with Crippen molar-refractivity contribution in [1.29, 1.82) is 0 Å². The number of nitrogens with one attached hydrogen (secondary N) is 1. The van der Waals surface area contributed by atoms with E-state index in [9.17, 15) is 10.1 Å². The van der Waals surface area contributed by atoms with E-state index in [2.05, 4.69) is 29.4 Å². The molecule has 0 amide bonds. The molecule has 2 aromatic rings. The molecule has 1 aromatic heterocycles. The van der Waals surface area contributed by atoms with Crippen LogP contribution in [0.25, 0.3) is 10.6 Å². The number of ether oxygens (including phenoxy) is 1. The quantitative estimate of drug-likeness (QED) is 0.651. The fourth-order valence-corrected chi connectivity index (χ4v) is 2.49. The van der Waals surface area contributed by atoms with Crippen LogP contribution < -0.4 is 10.1 Å². The molecule has 0 saturated heterocycles. The van der Waals surface area contributed by atoms with Crippen LogP contribution in [0, 0.1) is 10.1 Å². The second-order valence-electron chi connectivity index (χ2n) is 4.68. The highest BCUT2D eigenvalue weighted by atomic mass is 32.1. The lowest BCUT2D eigenvalue weighted by molar-refractivity contribution is -0.385. The van der Waals surface area contributed by atoms with Crippen LogP contribution in [-0.2, 0) is 6.54 Å². The highest BCUT2D eigenvalue weighted by Crippen LogP contribution is 2.33. The Morgan fingerprint density at radius 1 is 1.43 bits per heavy atom. The second-order valence-corrected chi connectivity index (χ2v) is 5.74. The van der Waals surface area contributed by atoms with Crippen LogP contribution in [0.15, 0.2) is 18.2 Å². The smallest absolute Gasteiger partial charge is 0.311 e. The molecule has 21 heavy (non-hydrogen) atoms. The maximum Gasteiger partial charge on any atom is 0.311 e. The van der Waals surface area contributed by atoms with Crippen LogP contribution in [0.1, 0.15) is 18.9 Å². The summed E-state index contributed by atoms with van der Waals surface area (Å²) in [5.74, 6) is 0.231. The van der Waals surface area contributed by atoms with Gasteiger partial charge in [-0.25, -0.2) is 0 Å². The Morgan fingerprint density at radius 3 is 2.81 bits per heavy atom. The molecule has 7 nitrogen and oxygen atoms in total.